The van der Waals surface area contributed by atoms with E-state index in [2.05, 4.69) is 5.32 Å². The molecular formula is C14H23N3O4. The van der Waals surface area contributed by atoms with Gasteiger partial charge in [0.1, 0.15) is 6.04 Å². The molecule has 3 N–H and O–H groups in total. The summed E-state index contributed by atoms with van der Waals surface area (Å²) >= 11 is 0. The molecule has 2 fully saturated rings. The van der Waals surface area contributed by atoms with E-state index in [4.69, 9.17) is 10.5 Å². The Kier molecular flexibility index (Phi) is 4.95. The second-order valence-corrected chi connectivity index (χ2v) is 5.94. The van der Waals surface area contributed by atoms with Crippen LogP contribution in [0.15, 0.2) is 0 Å². The maximum atomic E-state index is 12.2. The number of hydrogen-bond donors (Lipinski definition) is 2. The minimum absolute atomic E-state index is 0.0171. The van der Waals surface area contributed by atoms with Crippen LogP contribution in [0.2, 0.25) is 0 Å². The third-order valence-electron chi connectivity index (χ3n) is 4.09. The molecule has 21 heavy (non-hydrogen) atoms. The van der Waals surface area contributed by atoms with Crippen molar-refractivity contribution in [1.29, 1.82) is 0 Å². The number of imide groups is 1. The first-order chi connectivity index (χ1) is 9.91. The molecule has 0 aliphatic carbocycles. The van der Waals surface area contributed by atoms with Crippen molar-refractivity contribution in [3.05, 3.63) is 0 Å². The summed E-state index contributed by atoms with van der Waals surface area (Å²) in [5.41, 5.74) is 5.97. The van der Waals surface area contributed by atoms with Crippen molar-refractivity contribution < 1.29 is 19.1 Å². The van der Waals surface area contributed by atoms with E-state index in [-0.39, 0.29) is 36.1 Å². The van der Waals surface area contributed by atoms with Crippen LogP contribution in [0.5, 0.6) is 0 Å². The van der Waals surface area contributed by atoms with Crippen LogP contribution in [-0.2, 0) is 19.1 Å². The Morgan fingerprint density at radius 2 is 1.95 bits per heavy atom. The maximum absolute atomic E-state index is 12.2. The summed E-state index contributed by atoms with van der Waals surface area (Å²) in [4.78, 5) is 37.3. The quantitative estimate of drug-likeness (QED) is 0.674. The Morgan fingerprint density at radius 3 is 2.48 bits per heavy atom. The van der Waals surface area contributed by atoms with Crippen molar-refractivity contribution >= 4 is 17.7 Å². The standard InChI is InChI=1S/C14H23N3O4/c1-8(2)17-11(18)7-10(14(17)20)16-13(19)12(15)9-3-5-21-6-4-9/h8-10,12H,3-7,15H2,1-2H3,(H,16,19). The van der Waals surface area contributed by atoms with E-state index in [1.54, 1.807) is 13.8 Å². The van der Waals surface area contributed by atoms with Gasteiger partial charge in [-0.1, -0.05) is 0 Å². The van der Waals surface area contributed by atoms with Gasteiger partial charge in [0, 0.05) is 19.3 Å². The monoisotopic (exact) mass is 297 g/mol. The molecule has 0 saturated carbocycles. The zero-order chi connectivity index (χ0) is 15.6. The fourth-order valence-electron chi connectivity index (χ4n) is 2.86. The third kappa shape index (κ3) is 3.41. The lowest BCUT2D eigenvalue weighted by molar-refractivity contribution is -0.141. The fourth-order valence-corrected chi connectivity index (χ4v) is 2.86. The van der Waals surface area contributed by atoms with Crippen LogP contribution in [0.25, 0.3) is 0 Å². The summed E-state index contributed by atoms with van der Waals surface area (Å²) < 4.78 is 5.24. The van der Waals surface area contributed by atoms with Gasteiger partial charge in [0.05, 0.1) is 12.5 Å². The lowest BCUT2D eigenvalue weighted by Gasteiger charge is -2.27. The van der Waals surface area contributed by atoms with Crippen molar-refractivity contribution in [1.82, 2.24) is 10.2 Å². The zero-order valence-electron chi connectivity index (χ0n) is 12.5. The zero-order valence-corrected chi connectivity index (χ0v) is 12.5. The molecule has 0 radical (unpaired) electrons. The summed E-state index contributed by atoms with van der Waals surface area (Å²) in [7, 11) is 0. The number of amides is 3. The van der Waals surface area contributed by atoms with Crippen molar-refractivity contribution in [2.45, 2.75) is 51.2 Å². The molecule has 118 valence electrons. The normalized spacial score (nSPS) is 25.5. The number of carbonyl (C=O) groups excluding carboxylic acids is 3. The van der Waals surface area contributed by atoms with Crippen molar-refractivity contribution in [3.8, 4) is 0 Å². The second-order valence-electron chi connectivity index (χ2n) is 5.94. The van der Waals surface area contributed by atoms with Gasteiger partial charge in [-0.05, 0) is 32.6 Å². The van der Waals surface area contributed by atoms with E-state index in [9.17, 15) is 14.4 Å². The maximum Gasteiger partial charge on any atom is 0.252 e. The minimum atomic E-state index is -0.779. The first-order valence-corrected chi connectivity index (χ1v) is 7.41. The predicted molar refractivity (Wildman–Crippen MR) is 75.1 cm³/mol. The van der Waals surface area contributed by atoms with Crippen LogP contribution < -0.4 is 11.1 Å². The molecule has 0 bridgehead atoms. The Balaban J connectivity index is 1.93. The van der Waals surface area contributed by atoms with Gasteiger partial charge in [-0.2, -0.15) is 0 Å². The fraction of sp³-hybridized carbons (Fsp3) is 0.786. The van der Waals surface area contributed by atoms with Crippen LogP contribution in [0.1, 0.15) is 33.1 Å². The van der Waals surface area contributed by atoms with Crippen molar-refractivity contribution in [3.63, 3.8) is 0 Å². The molecule has 0 spiro atoms. The molecular weight excluding hydrogens is 274 g/mol. The summed E-state index contributed by atoms with van der Waals surface area (Å²) in [6, 6.07) is -1.64. The lowest BCUT2D eigenvalue weighted by Crippen LogP contribution is -2.52. The van der Waals surface area contributed by atoms with Gasteiger partial charge in [0.15, 0.2) is 0 Å². The molecule has 0 aromatic carbocycles. The van der Waals surface area contributed by atoms with Crippen LogP contribution in [0.3, 0.4) is 0 Å². The average molecular weight is 297 g/mol. The highest BCUT2D eigenvalue weighted by molar-refractivity contribution is 6.07. The van der Waals surface area contributed by atoms with E-state index in [0.29, 0.717) is 13.2 Å². The molecule has 0 aromatic heterocycles. The first-order valence-electron chi connectivity index (χ1n) is 7.41. The molecule has 2 unspecified atom stereocenters. The molecule has 2 aliphatic heterocycles. The number of carbonyl (C=O) groups is 3. The van der Waals surface area contributed by atoms with Gasteiger partial charge in [0.2, 0.25) is 11.8 Å². The van der Waals surface area contributed by atoms with Crippen LogP contribution >= 0.6 is 0 Å². The Labute approximate surface area is 124 Å². The third-order valence-corrected chi connectivity index (χ3v) is 4.09. The van der Waals surface area contributed by atoms with Crippen LogP contribution in [0, 0.1) is 5.92 Å². The summed E-state index contributed by atoms with van der Waals surface area (Å²) in [6.07, 6.45) is 1.50. The summed E-state index contributed by atoms with van der Waals surface area (Å²) in [5, 5.41) is 2.62. The largest absolute Gasteiger partial charge is 0.381 e. The number of ether oxygens (including phenoxy) is 1. The van der Waals surface area contributed by atoms with E-state index in [1.807, 2.05) is 0 Å². The number of likely N-dealkylation sites (tertiary alicyclic amines) is 1. The van der Waals surface area contributed by atoms with E-state index < -0.39 is 12.1 Å². The average Bonchev–Trinajstić information content (AvgIpc) is 2.73. The molecule has 2 saturated heterocycles. The van der Waals surface area contributed by atoms with Gasteiger partial charge in [-0.15, -0.1) is 0 Å². The molecule has 2 atom stereocenters. The summed E-state index contributed by atoms with van der Waals surface area (Å²) in [6.45, 7) is 4.75. The molecule has 2 heterocycles. The number of nitrogens with zero attached hydrogens (tertiary/aromatic N) is 1. The van der Waals surface area contributed by atoms with Crippen LogP contribution in [-0.4, -0.2) is 54.0 Å². The first kappa shape index (κ1) is 15.9. The Bertz CT molecular complexity index is 432. The molecule has 0 aromatic rings. The second kappa shape index (κ2) is 6.53. The van der Waals surface area contributed by atoms with Crippen molar-refractivity contribution in [2.75, 3.05) is 13.2 Å². The van der Waals surface area contributed by atoms with E-state index in [0.717, 1.165) is 12.8 Å². The highest BCUT2D eigenvalue weighted by atomic mass is 16.5. The topological polar surface area (TPSA) is 102 Å². The van der Waals surface area contributed by atoms with Gasteiger partial charge >= 0.3 is 0 Å². The number of nitrogens with two attached hydrogens (primary N) is 1. The highest BCUT2D eigenvalue weighted by Crippen LogP contribution is 2.19. The Morgan fingerprint density at radius 1 is 1.33 bits per heavy atom. The highest BCUT2D eigenvalue weighted by Gasteiger charge is 2.41. The van der Waals surface area contributed by atoms with Crippen LogP contribution in [0.4, 0.5) is 0 Å². The SMILES string of the molecule is CC(C)N1C(=O)CC(NC(=O)C(N)C2CCOCC2)C1=O. The number of rotatable bonds is 4. The smallest absolute Gasteiger partial charge is 0.252 e. The summed E-state index contributed by atoms with van der Waals surface area (Å²) in [5.74, 6) is -0.895. The molecule has 3 amide bonds. The van der Waals surface area contributed by atoms with E-state index >= 15 is 0 Å². The predicted octanol–water partition coefficient (Wildman–Crippen LogP) is -0.608. The molecule has 2 rings (SSSR count). The van der Waals surface area contributed by atoms with Gasteiger partial charge < -0.3 is 15.8 Å². The van der Waals surface area contributed by atoms with Gasteiger partial charge in [0.25, 0.3) is 5.91 Å². The number of hydrogen-bond acceptors (Lipinski definition) is 5. The lowest BCUT2D eigenvalue weighted by atomic mass is 9.91. The van der Waals surface area contributed by atoms with E-state index in [1.165, 1.54) is 4.90 Å². The Hall–Kier alpha value is -1.47. The minimum Gasteiger partial charge on any atom is -0.381 e. The van der Waals surface area contributed by atoms with Gasteiger partial charge in [-0.3, -0.25) is 19.3 Å². The molecule has 2 aliphatic rings. The molecule has 7 heteroatoms. The van der Waals surface area contributed by atoms with Gasteiger partial charge in [-0.25, -0.2) is 0 Å². The van der Waals surface area contributed by atoms with Crippen molar-refractivity contribution in [2.24, 2.45) is 11.7 Å². The number of nitrogens with one attached hydrogen (secondary N) is 1. The molecule has 7 nitrogen and oxygen atoms in total.